The van der Waals surface area contributed by atoms with Gasteiger partial charge < -0.3 is 14.2 Å². The van der Waals surface area contributed by atoms with Gasteiger partial charge in [0.05, 0.1) is 6.61 Å². The van der Waals surface area contributed by atoms with E-state index in [1.54, 1.807) is 7.11 Å². The summed E-state index contributed by atoms with van der Waals surface area (Å²) in [6.45, 7) is 7.43. The lowest BCUT2D eigenvalue weighted by atomic mass is 9.72. The molecule has 2 saturated heterocycles. The first-order chi connectivity index (χ1) is 11.6. The SMILES string of the molecule is CO[C@@H]1O[C@H]2OC[C@@H](CCC=C(C)C)[C@@H]3CC/C(C)=C/CC=C1[C@@H]23. The fourth-order valence-corrected chi connectivity index (χ4v) is 4.44. The van der Waals surface area contributed by atoms with E-state index in [-0.39, 0.29) is 12.6 Å². The largest absolute Gasteiger partial charge is 0.352 e. The van der Waals surface area contributed by atoms with Crippen molar-refractivity contribution in [2.24, 2.45) is 17.8 Å². The number of methoxy groups -OCH3 is 1. The van der Waals surface area contributed by atoms with E-state index in [1.807, 2.05) is 0 Å². The van der Waals surface area contributed by atoms with Crippen LogP contribution in [0.4, 0.5) is 0 Å². The molecule has 0 spiro atoms. The van der Waals surface area contributed by atoms with E-state index in [1.165, 1.54) is 36.0 Å². The van der Waals surface area contributed by atoms with E-state index in [9.17, 15) is 0 Å². The Balaban J connectivity index is 1.83. The Bertz CT molecular complexity index is 527. The topological polar surface area (TPSA) is 27.7 Å². The molecular formula is C21H32O3. The molecule has 5 atom stereocenters. The molecule has 2 fully saturated rings. The first-order valence-corrected chi connectivity index (χ1v) is 9.39. The molecule has 3 heteroatoms. The third-order valence-corrected chi connectivity index (χ3v) is 5.75. The molecule has 3 rings (SSSR count). The summed E-state index contributed by atoms with van der Waals surface area (Å²) in [7, 11) is 1.73. The van der Waals surface area contributed by atoms with Crippen molar-refractivity contribution in [3.63, 3.8) is 0 Å². The fourth-order valence-electron chi connectivity index (χ4n) is 4.44. The smallest absolute Gasteiger partial charge is 0.183 e. The Morgan fingerprint density at radius 3 is 2.92 bits per heavy atom. The van der Waals surface area contributed by atoms with E-state index in [0.29, 0.717) is 17.8 Å². The van der Waals surface area contributed by atoms with Gasteiger partial charge in [0.1, 0.15) is 0 Å². The van der Waals surface area contributed by atoms with Gasteiger partial charge in [-0.3, -0.25) is 0 Å². The highest BCUT2D eigenvalue weighted by molar-refractivity contribution is 5.21. The summed E-state index contributed by atoms with van der Waals surface area (Å²) in [5, 5.41) is 0. The molecule has 0 bridgehead atoms. The molecule has 134 valence electrons. The van der Waals surface area contributed by atoms with Crippen LogP contribution in [0.15, 0.2) is 34.9 Å². The lowest BCUT2D eigenvalue weighted by Crippen LogP contribution is -2.40. The summed E-state index contributed by atoms with van der Waals surface area (Å²) >= 11 is 0. The number of hydrogen-bond donors (Lipinski definition) is 0. The van der Waals surface area contributed by atoms with Gasteiger partial charge in [0, 0.05) is 13.0 Å². The van der Waals surface area contributed by atoms with Gasteiger partial charge in [0.25, 0.3) is 0 Å². The van der Waals surface area contributed by atoms with Gasteiger partial charge in [0.15, 0.2) is 12.6 Å². The quantitative estimate of drug-likeness (QED) is 0.678. The van der Waals surface area contributed by atoms with Crippen LogP contribution >= 0.6 is 0 Å². The molecular weight excluding hydrogens is 300 g/mol. The highest BCUT2D eigenvalue weighted by Gasteiger charge is 2.49. The summed E-state index contributed by atoms with van der Waals surface area (Å²) < 4.78 is 17.8. The second-order valence-corrected chi connectivity index (χ2v) is 7.74. The number of allylic oxidation sites excluding steroid dienone is 5. The minimum Gasteiger partial charge on any atom is -0.352 e. The van der Waals surface area contributed by atoms with Crippen molar-refractivity contribution >= 4 is 0 Å². The van der Waals surface area contributed by atoms with Crippen LogP contribution in [0.3, 0.4) is 0 Å². The van der Waals surface area contributed by atoms with E-state index in [4.69, 9.17) is 14.2 Å². The maximum atomic E-state index is 6.12. The van der Waals surface area contributed by atoms with Gasteiger partial charge in [-0.15, -0.1) is 0 Å². The Morgan fingerprint density at radius 1 is 1.33 bits per heavy atom. The van der Waals surface area contributed by atoms with E-state index in [0.717, 1.165) is 19.4 Å². The minimum absolute atomic E-state index is 0.121. The molecule has 1 aliphatic carbocycles. The first kappa shape index (κ1) is 17.9. The molecule has 0 amide bonds. The Morgan fingerprint density at radius 2 is 2.17 bits per heavy atom. The lowest BCUT2D eigenvalue weighted by Gasteiger charge is -2.39. The van der Waals surface area contributed by atoms with E-state index < -0.39 is 0 Å². The van der Waals surface area contributed by atoms with Gasteiger partial charge >= 0.3 is 0 Å². The van der Waals surface area contributed by atoms with Gasteiger partial charge in [-0.2, -0.15) is 0 Å². The third-order valence-electron chi connectivity index (χ3n) is 5.75. The summed E-state index contributed by atoms with van der Waals surface area (Å²) in [5.74, 6) is 1.59. The number of ether oxygens (including phenoxy) is 3. The predicted molar refractivity (Wildman–Crippen MR) is 96.4 cm³/mol. The van der Waals surface area contributed by atoms with Crippen molar-refractivity contribution in [2.75, 3.05) is 13.7 Å². The molecule has 0 aromatic heterocycles. The Labute approximate surface area is 146 Å². The van der Waals surface area contributed by atoms with Crippen LogP contribution in [0.25, 0.3) is 0 Å². The van der Waals surface area contributed by atoms with Gasteiger partial charge in [-0.25, -0.2) is 0 Å². The van der Waals surface area contributed by atoms with Crippen molar-refractivity contribution in [2.45, 2.75) is 65.5 Å². The first-order valence-electron chi connectivity index (χ1n) is 9.39. The van der Waals surface area contributed by atoms with Crippen molar-refractivity contribution in [1.29, 1.82) is 0 Å². The second-order valence-electron chi connectivity index (χ2n) is 7.74. The van der Waals surface area contributed by atoms with Crippen molar-refractivity contribution in [3.8, 4) is 0 Å². The van der Waals surface area contributed by atoms with Crippen molar-refractivity contribution in [3.05, 3.63) is 34.9 Å². The summed E-state index contributed by atoms with van der Waals surface area (Å²) in [5.41, 5.74) is 4.22. The zero-order chi connectivity index (χ0) is 17.1. The van der Waals surface area contributed by atoms with E-state index in [2.05, 4.69) is 39.0 Å². The van der Waals surface area contributed by atoms with Crippen LogP contribution in [0.2, 0.25) is 0 Å². The van der Waals surface area contributed by atoms with Crippen molar-refractivity contribution < 1.29 is 14.2 Å². The average Bonchev–Trinajstić information content (AvgIpc) is 2.93. The molecule has 2 heterocycles. The highest BCUT2D eigenvalue weighted by Crippen LogP contribution is 2.48. The van der Waals surface area contributed by atoms with Crippen LogP contribution in [-0.2, 0) is 14.2 Å². The van der Waals surface area contributed by atoms with Crippen LogP contribution in [0, 0.1) is 17.8 Å². The molecule has 0 radical (unpaired) electrons. The minimum atomic E-state index is -0.231. The van der Waals surface area contributed by atoms with Gasteiger partial charge in [-0.05, 0) is 70.3 Å². The molecule has 2 aliphatic heterocycles. The second kappa shape index (κ2) is 7.99. The zero-order valence-corrected chi connectivity index (χ0v) is 15.6. The highest BCUT2D eigenvalue weighted by atomic mass is 16.8. The molecule has 0 aromatic rings. The van der Waals surface area contributed by atoms with Crippen LogP contribution in [0.1, 0.15) is 52.9 Å². The predicted octanol–water partition coefficient (Wildman–Crippen LogP) is 5.00. The molecule has 0 N–H and O–H groups in total. The average molecular weight is 332 g/mol. The van der Waals surface area contributed by atoms with Crippen LogP contribution in [0.5, 0.6) is 0 Å². The fraction of sp³-hybridized carbons (Fsp3) is 0.714. The number of rotatable bonds is 4. The molecule has 3 nitrogen and oxygen atoms in total. The Kier molecular flexibility index (Phi) is 5.96. The van der Waals surface area contributed by atoms with Crippen LogP contribution in [-0.4, -0.2) is 26.3 Å². The zero-order valence-electron chi connectivity index (χ0n) is 15.6. The Hall–Kier alpha value is -0.900. The third kappa shape index (κ3) is 3.84. The van der Waals surface area contributed by atoms with Gasteiger partial charge in [0.2, 0.25) is 0 Å². The molecule has 0 saturated carbocycles. The maximum Gasteiger partial charge on any atom is 0.183 e. The monoisotopic (exact) mass is 332 g/mol. The van der Waals surface area contributed by atoms with Crippen LogP contribution < -0.4 is 0 Å². The normalized spacial score (nSPS) is 38.1. The summed E-state index contributed by atoms with van der Waals surface area (Å²) in [6, 6.07) is 0. The lowest BCUT2D eigenvalue weighted by molar-refractivity contribution is -0.230. The maximum absolute atomic E-state index is 6.12. The van der Waals surface area contributed by atoms with Gasteiger partial charge in [-0.1, -0.05) is 29.4 Å². The molecule has 0 unspecified atom stereocenters. The summed E-state index contributed by atoms with van der Waals surface area (Å²) in [4.78, 5) is 0. The van der Waals surface area contributed by atoms with E-state index >= 15 is 0 Å². The molecule has 3 aliphatic rings. The summed E-state index contributed by atoms with van der Waals surface area (Å²) in [6.07, 6.45) is 12.4. The standard InChI is InChI=1S/C21H32O3/c1-14(2)7-5-9-16-13-23-21-19-17(16)12-11-15(3)8-6-10-18(19)20(22-4)24-21/h7-8,10,16-17,19-21H,5-6,9,11-13H2,1-4H3/b15-8+,18-10?/t16-,17+,19+,20-,21-/m1/s1. The van der Waals surface area contributed by atoms with Crippen molar-refractivity contribution in [1.82, 2.24) is 0 Å². The number of hydrogen-bond acceptors (Lipinski definition) is 3. The molecule has 24 heavy (non-hydrogen) atoms. The molecule has 0 aromatic carbocycles.